The van der Waals surface area contributed by atoms with E-state index >= 15 is 0 Å². The Balaban J connectivity index is 0.000000154. The van der Waals surface area contributed by atoms with E-state index in [-0.39, 0.29) is 0 Å². The summed E-state index contributed by atoms with van der Waals surface area (Å²) in [6.45, 7) is 0. The number of nitrogens with zero attached hydrogens (tertiary/aromatic N) is 18. The summed E-state index contributed by atoms with van der Waals surface area (Å²) in [4.78, 5) is 76.8. The summed E-state index contributed by atoms with van der Waals surface area (Å²) in [5, 5.41) is 9.18. The maximum Gasteiger partial charge on any atom is 0.184 e. The Hall–Kier alpha value is -17.5. The Morgan fingerprint density at radius 1 is 0.161 bits per heavy atom. The van der Waals surface area contributed by atoms with Gasteiger partial charge in [0.1, 0.15) is 17.1 Å². The van der Waals surface area contributed by atoms with Gasteiger partial charge in [-0.15, -0.1) is 0 Å². The topological polar surface area (TPSA) is 224 Å². The number of benzene rings is 14. The molecule has 24 aromatic rings. The predicted molar refractivity (Wildman–Crippen MR) is 492 cm³/mol. The van der Waals surface area contributed by atoms with Crippen molar-refractivity contribution in [2.75, 3.05) is 0 Å². The third-order valence-electron chi connectivity index (χ3n) is 22.6. The van der Waals surface area contributed by atoms with Gasteiger partial charge in [0.25, 0.3) is 0 Å². The second-order valence-electron chi connectivity index (χ2n) is 30.1. The molecule has 0 bridgehead atoms. The molecule has 0 aliphatic heterocycles. The van der Waals surface area contributed by atoms with E-state index in [0.29, 0.717) is 87.0 Å². The predicted octanol–water partition coefficient (Wildman–Crippen LogP) is 23.6. The molecule has 0 saturated heterocycles. The van der Waals surface area contributed by atoms with Gasteiger partial charge in [0.05, 0.1) is 70.3 Å². The molecule has 19 heteroatoms. The minimum Gasteiger partial charge on any atom is -0.355 e. The van der Waals surface area contributed by atoms with E-state index in [0.717, 1.165) is 127 Å². The molecule has 10 aromatic heterocycles. The standard InChI is InChI=1S/C62H38N12.C43H27N7/c1-5-17-39(18-6-1)57-67-58(40-19-7-2-8-20-40)70-61(69-57)49-35-65-55(37-63-49)73-51-27-15-13-25-45(51)47-33-43(29-31-53(47)73)44-30-32-54-48(34-44)46-26-14-16-28-52(46)74(54)56-38-64-50(36-66-56)62-71-59(41-21-9-3-10-22-41)68-60(72-62)42-23-11-4-12-24-42;1-3-11-27(12-4-1)41-47-42(28-13-5-2-6-14-28)49-43(48-41)37-25-45-40(26-44-37)50-38-18-10-8-16-32(38)34-24-30(20-22-39(34)50)29-19-21-36-33(23-29)31-15-7-9-17-35(31)46-36/h1-38H;1-26,46H. The maximum atomic E-state index is 5.00. The molecule has 0 fully saturated rings. The van der Waals surface area contributed by atoms with E-state index in [2.05, 4.69) is 189 Å². The second-order valence-corrected chi connectivity index (χ2v) is 30.1. The van der Waals surface area contributed by atoms with Gasteiger partial charge in [-0.2, -0.15) is 0 Å². The number of H-pyrrole nitrogens is 1. The zero-order valence-corrected chi connectivity index (χ0v) is 66.0. The monoisotopic (exact) mass is 1590 g/mol. The van der Waals surface area contributed by atoms with Crippen molar-refractivity contribution in [2.24, 2.45) is 0 Å². The molecule has 0 amide bonds. The van der Waals surface area contributed by atoms with Crippen LogP contribution in [-0.2, 0) is 0 Å². The zero-order valence-electron chi connectivity index (χ0n) is 66.0. The lowest BCUT2D eigenvalue weighted by atomic mass is 10.0. The number of aromatic nitrogens is 19. The van der Waals surface area contributed by atoms with Crippen molar-refractivity contribution in [3.05, 3.63) is 389 Å². The van der Waals surface area contributed by atoms with Gasteiger partial charge in [-0.25, -0.2) is 74.8 Å². The molecule has 0 radical (unpaired) electrons. The average molecular weight is 1590 g/mol. The largest absolute Gasteiger partial charge is 0.355 e. The first-order valence-corrected chi connectivity index (χ1v) is 40.6. The Kier molecular flexibility index (Phi) is 17.7. The van der Waals surface area contributed by atoms with E-state index in [1.165, 1.54) is 16.3 Å². The van der Waals surface area contributed by atoms with Crippen molar-refractivity contribution >= 4 is 87.2 Å². The molecule has 19 nitrogen and oxygen atoms in total. The molecular weight excluding hydrogens is 1530 g/mol. The summed E-state index contributed by atoms with van der Waals surface area (Å²) >= 11 is 0. The van der Waals surface area contributed by atoms with Crippen molar-refractivity contribution in [3.63, 3.8) is 0 Å². The van der Waals surface area contributed by atoms with E-state index in [9.17, 15) is 0 Å². The van der Waals surface area contributed by atoms with Gasteiger partial charge in [-0.3, -0.25) is 13.7 Å². The quantitative estimate of drug-likeness (QED) is 0.107. The summed E-state index contributed by atoms with van der Waals surface area (Å²) in [6, 6.07) is 120. The molecule has 0 unspecified atom stereocenters. The van der Waals surface area contributed by atoms with Crippen LogP contribution in [0.3, 0.4) is 0 Å². The number of para-hydroxylation sites is 4. The molecule has 10 heterocycles. The molecule has 1 N–H and O–H groups in total. The van der Waals surface area contributed by atoms with Gasteiger partial charge in [-0.1, -0.05) is 279 Å². The smallest absolute Gasteiger partial charge is 0.184 e. The first kappa shape index (κ1) is 71.8. The third-order valence-corrected chi connectivity index (χ3v) is 22.6. The number of hydrogen-bond donors (Lipinski definition) is 1. The highest BCUT2D eigenvalue weighted by Gasteiger charge is 2.24. The lowest BCUT2D eigenvalue weighted by molar-refractivity contribution is 1.01. The SMILES string of the molecule is c1ccc(-c2nc(-c3ccccc3)nc(-c3cnc(-n4c5ccccc5c5cc(-c6ccc7[nH]c8ccccc8c7c6)ccc54)cn3)n2)cc1.c1ccc(-c2nc(-c3ccccc3)nc(-c3cnc(-n4c5ccccc5c5cc(-c6ccc7c(c6)c6ccccc6n7-c6cnc(-c7nc(-c8ccccc8)nc(-c8ccccc8)n7)cn6)ccc54)cn3)n2)cc1. The highest BCUT2D eigenvalue weighted by molar-refractivity contribution is 6.14. The first-order chi connectivity index (χ1) is 61.4. The molecule has 0 aliphatic rings. The van der Waals surface area contributed by atoms with Crippen LogP contribution in [0.1, 0.15) is 0 Å². The van der Waals surface area contributed by atoms with Crippen LogP contribution in [-0.4, -0.2) is 93.4 Å². The van der Waals surface area contributed by atoms with Gasteiger partial charge in [-0.05, 0) is 95.1 Å². The lowest BCUT2D eigenvalue weighted by Crippen LogP contribution is -2.03. The molecule has 0 atom stereocenters. The van der Waals surface area contributed by atoms with E-state index in [1.807, 2.05) is 182 Å². The molecule has 24 rings (SSSR count). The molecule has 124 heavy (non-hydrogen) atoms. The van der Waals surface area contributed by atoms with Gasteiger partial charge in [0, 0.05) is 87.5 Å². The van der Waals surface area contributed by atoms with Crippen LogP contribution in [0.5, 0.6) is 0 Å². The molecule has 0 aliphatic carbocycles. The molecular formula is C105H65N19. The fourth-order valence-corrected chi connectivity index (χ4v) is 16.7. The fraction of sp³-hybridized carbons (Fsp3) is 0. The third kappa shape index (κ3) is 13.1. The molecule has 0 spiro atoms. The van der Waals surface area contributed by atoms with Crippen LogP contribution in [0, 0.1) is 0 Å². The summed E-state index contributed by atoms with van der Waals surface area (Å²) in [7, 11) is 0. The Morgan fingerprint density at radius 2 is 0.395 bits per heavy atom. The Morgan fingerprint density at radius 3 is 0.685 bits per heavy atom. The number of hydrogen-bond acceptors (Lipinski definition) is 15. The van der Waals surface area contributed by atoms with E-state index in [4.69, 9.17) is 74.8 Å². The van der Waals surface area contributed by atoms with Crippen LogP contribution < -0.4 is 0 Å². The highest BCUT2D eigenvalue weighted by atomic mass is 15.1. The summed E-state index contributed by atoms with van der Waals surface area (Å²) < 4.78 is 6.50. The van der Waals surface area contributed by atoms with Crippen molar-refractivity contribution in [1.82, 2.24) is 93.4 Å². The summed E-state index contributed by atoms with van der Waals surface area (Å²) in [5.74, 6) is 6.88. The summed E-state index contributed by atoms with van der Waals surface area (Å²) in [5.41, 5.74) is 20.0. The minimum absolute atomic E-state index is 0.446. The zero-order chi connectivity index (χ0) is 82.0. The van der Waals surface area contributed by atoms with Gasteiger partial charge >= 0.3 is 0 Å². The first-order valence-electron chi connectivity index (χ1n) is 40.6. The van der Waals surface area contributed by atoms with Crippen molar-refractivity contribution in [2.45, 2.75) is 0 Å². The molecule has 0 saturated carbocycles. The summed E-state index contributed by atoms with van der Waals surface area (Å²) in [6.07, 6.45) is 10.6. The van der Waals surface area contributed by atoms with Crippen LogP contribution in [0.4, 0.5) is 0 Å². The number of aromatic amines is 1. The molecule has 580 valence electrons. The van der Waals surface area contributed by atoms with Crippen LogP contribution in [0.25, 0.3) is 230 Å². The fourth-order valence-electron chi connectivity index (χ4n) is 16.7. The highest BCUT2D eigenvalue weighted by Crippen LogP contribution is 2.41. The number of nitrogens with one attached hydrogen (secondary N) is 1. The average Bonchev–Trinajstić information content (AvgIpc) is 1.59. The number of rotatable bonds is 14. The second kappa shape index (κ2) is 30.5. The van der Waals surface area contributed by atoms with Crippen LogP contribution in [0.2, 0.25) is 0 Å². The minimum atomic E-state index is 0.446. The Bertz CT molecular complexity index is 7730. The van der Waals surface area contributed by atoms with Gasteiger partial charge in [0.15, 0.2) is 69.9 Å². The van der Waals surface area contributed by atoms with Crippen LogP contribution in [0.15, 0.2) is 389 Å². The number of fused-ring (bicyclic) bond motifs is 12. The normalized spacial score (nSPS) is 11.5. The molecule has 14 aromatic carbocycles. The van der Waals surface area contributed by atoms with E-state index in [1.54, 1.807) is 37.2 Å². The van der Waals surface area contributed by atoms with Crippen molar-refractivity contribution < 1.29 is 0 Å². The van der Waals surface area contributed by atoms with Gasteiger partial charge in [0.2, 0.25) is 0 Å². The van der Waals surface area contributed by atoms with E-state index < -0.39 is 0 Å². The van der Waals surface area contributed by atoms with Gasteiger partial charge < -0.3 is 4.98 Å². The lowest BCUT2D eigenvalue weighted by Gasteiger charge is -2.10. The van der Waals surface area contributed by atoms with Crippen molar-refractivity contribution in [1.29, 1.82) is 0 Å². The van der Waals surface area contributed by atoms with Crippen LogP contribution >= 0.6 is 0 Å². The Labute approximate surface area is 708 Å². The maximum absolute atomic E-state index is 5.00. The van der Waals surface area contributed by atoms with Crippen molar-refractivity contribution in [3.8, 4) is 143 Å².